The summed E-state index contributed by atoms with van der Waals surface area (Å²) in [6.45, 7) is 1.73. The number of nitro benzene ring substituents is 1. The first-order valence-corrected chi connectivity index (χ1v) is 6.63. The number of ether oxygens (including phenoxy) is 1. The molecular formula is C14H10BrNO5. The van der Waals surface area contributed by atoms with Gasteiger partial charge in [0, 0.05) is 10.5 Å². The van der Waals surface area contributed by atoms with Gasteiger partial charge in [0.1, 0.15) is 5.75 Å². The number of carboxylic acid groups (broad SMARTS) is 1. The normalized spacial score (nSPS) is 10.2. The Hall–Kier alpha value is -2.41. The second-order valence-corrected chi connectivity index (χ2v) is 5.17. The number of carbonyl (C=O) groups is 1. The zero-order chi connectivity index (χ0) is 15.6. The molecule has 0 aromatic heterocycles. The van der Waals surface area contributed by atoms with Gasteiger partial charge in [0.15, 0.2) is 0 Å². The van der Waals surface area contributed by atoms with Gasteiger partial charge < -0.3 is 9.84 Å². The number of carboxylic acids is 1. The highest BCUT2D eigenvalue weighted by Gasteiger charge is 2.17. The highest BCUT2D eigenvalue weighted by molar-refractivity contribution is 9.10. The van der Waals surface area contributed by atoms with Gasteiger partial charge in [-0.05, 0) is 36.8 Å². The molecule has 0 fully saturated rings. The minimum Gasteiger partial charge on any atom is -0.478 e. The third-order valence-corrected chi connectivity index (χ3v) is 3.27. The molecule has 6 nitrogen and oxygen atoms in total. The maximum atomic E-state index is 11.0. The number of nitro groups is 1. The molecule has 0 aliphatic heterocycles. The summed E-state index contributed by atoms with van der Waals surface area (Å²) in [5.41, 5.74) is 0.525. The molecule has 0 aliphatic rings. The minimum atomic E-state index is -1.09. The SMILES string of the molecule is Cc1ccc(C(=O)O)cc1Oc1ccc(Br)cc1[N+](=O)[O-]. The number of nitrogens with zero attached hydrogens (tertiary/aromatic N) is 1. The summed E-state index contributed by atoms with van der Waals surface area (Å²) >= 11 is 3.16. The molecule has 0 saturated heterocycles. The van der Waals surface area contributed by atoms with E-state index in [1.165, 1.54) is 24.3 Å². The quantitative estimate of drug-likeness (QED) is 0.659. The number of aromatic carboxylic acids is 1. The zero-order valence-electron chi connectivity index (χ0n) is 10.9. The van der Waals surface area contributed by atoms with E-state index in [1.807, 2.05) is 0 Å². The van der Waals surface area contributed by atoms with Gasteiger partial charge in [0.25, 0.3) is 0 Å². The molecule has 2 rings (SSSR count). The van der Waals surface area contributed by atoms with Gasteiger partial charge in [-0.1, -0.05) is 22.0 Å². The highest BCUT2D eigenvalue weighted by Crippen LogP contribution is 2.35. The van der Waals surface area contributed by atoms with Crippen molar-refractivity contribution in [2.24, 2.45) is 0 Å². The Morgan fingerprint density at radius 1 is 1.24 bits per heavy atom. The van der Waals surface area contributed by atoms with E-state index in [1.54, 1.807) is 19.1 Å². The summed E-state index contributed by atoms with van der Waals surface area (Å²) in [6.07, 6.45) is 0. The molecule has 0 atom stereocenters. The average molecular weight is 352 g/mol. The standard InChI is InChI=1S/C14H10BrNO5/c1-8-2-3-9(14(17)18)6-13(8)21-12-5-4-10(15)7-11(12)16(19)20/h2-7H,1H3,(H,17,18). The van der Waals surface area contributed by atoms with E-state index >= 15 is 0 Å². The minimum absolute atomic E-state index is 0.0499. The first kappa shape index (κ1) is 15.0. The van der Waals surface area contributed by atoms with Gasteiger partial charge in [-0.25, -0.2) is 4.79 Å². The molecule has 0 aliphatic carbocycles. The molecule has 0 bridgehead atoms. The van der Waals surface area contributed by atoms with Crippen LogP contribution in [0, 0.1) is 17.0 Å². The van der Waals surface area contributed by atoms with Gasteiger partial charge in [0.05, 0.1) is 10.5 Å². The fourth-order valence-corrected chi connectivity index (χ4v) is 2.03. The molecule has 2 aromatic carbocycles. The number of hydrogen-bond donors (Lipinski definition) is 1. The van der Waals surface area contributed by atoms with Crippen LogP contribution in [0.1, 0.15) is 15.9 Å². The number of aryl methyl sites for hydroxylation is 1. The Kier molecular flexibility index (Phi) is 4.23. The average Bonchev–Trinajstić information content (AvgIpc) is 2.42. The Bertz CT molecular complexity index is 729. The number of benzene rings is 2. The maximum absolute atomic E-state index is 11.0. The Labute approximate surface area is 128 Å². The fourth-order valence-electron chi connectivity index (χ4n) is 1.68. The predicted octanol–water partition coefficient (Wildman–Crippen LogP) is 4.16. The van der Waals surface area contributed by atoms with E-state index in [4.69, 9.17) is 9.84 Å². The first-order chi connectivity index (χ1) is 9.88. The lowest BCUT2D eigenvalue weighted by Crippen LogP contribution is -1.99. The molecule has 0 spiro atoms. The topological polar surface area (TPSA) is 89.7 Å². The Balaban J connectivity index is 2.45. The maximum Gasteiger partial charge on any atom is 0.335 e. The van der Waals surface area contributed by atoms with Gasteiger partial charge >= 0.3 is 11.7 Å². The summed E-state index contributed by atoms with van der Waals surface area (Å²) in [5.74, 6) is -0.778. The zero-order valence-corrected chi connectivity index (χ0v) is 12.5. The summed E-state index contributed by atoms with van der Waals surface area (Å²) in [7, 11) is 0. The van der Waals surface area contributed by atoms with E-state index in [0.717, 1.165) is 0 Å². The molecule has 0 heterocycles. The Morgan fingerprint density at radius 2 is 1.95 bits per heavy atom. The van der Waals surface area contributed by atoms with Crippen LogP contribution in [0.3, 0.4) is 0 Å². The summed E-state index contributed by atoms with van der Waals surface area (Å²) in [4.78, 5) is 21.4. The lowest BCUT2D eigenvalue weighted by atomic mass is 10.1. The monoisotopic (exact) mass is 351 g/mol. The van der Waals surface area contributed by atoms with Crippen LogP contribution in [0.4, 0.5) is 5.69 Å². The third kappa shape index (κ3) is 3.38. The lowest BCUT2D eigenvalue weighted by Gasteiger charge is -2.10. The predicted molar refractivity (Wildman–Crippen MR) is 79.0 cm³/mol. The largest absolute Gasteiger partial charge is 0.478 e. The highest BCUT2D eigenvalue weighted by atomic mass is 79.9. The van der Waals surface area contributed by atoms with Crippen LogP contribution >= 0.6 is 15.9 Å². The van der Waals surface area contributed by atoms with Crippen molar-refractivity contribution in [2.75, 3.05) is 0 Å². The van der Waals surface area contributed by atoms with Crippen LogP contribution in [0.25, 0.3) is 0 Å². The van der Waals surface area contributed by atoms with Crippen LogP contribution in [-0.4, -0.2) is 16.0 Å². The molecule has 1 N–H and O–H groups in total. The van der Waals surface area contributed by atoms with Crippen LogP contribution in [0.2, 0.25) is 0 Å². The molecule has 0 radical (unpaired) electrons. The molecule has 0 unspecified atom stereocenters. The van der Waals surface area contributed by atoms with Gasteiger partial charge in [-0.2, -0.15) is 0 Å². The van der Waals surface area contributed by atoms with Gasteiger partial charge in [-0.3, -0.25) is 10.1 Å². The first-order valence-electron chi connectivity index (χ1n) is 5.84. The lowest BCUT2D eigenvalue weighted by molar-refractivity contribution is -0.385. The molecule has 108 valence electrons. The van der Waals surface area contributed by atoms with E-state index in [0.29, 0.717) is 10.0 Å². The van der Waals surface area contributed by atoms with Crippen LogP contribution in [0.15, 0.2) is 40.9 Å². The van der Waals surface area contributed by atoms with Crippen molar-refractivity contribution in [1.29, 1.82) is 0 Å². The van der Waals surface area contributed by atoms with Crippen molar-refractivity contribution in [3.05, 3.63) is 62.1 Å². The second-order valence-electron chi connectivity index (χ2n) is 4.26. The Morgan fingerprint density at radius 3 is 2.57 bits per heavy atom. The van der Waals surface area contributed by atoms with Crippen LogP contribution in [0.5, 0.6) is 11.5 Å². The molecule has 0 amide bonds. The fraction of sp³-hybridized carbons (Fsp3) is 0.0714. The van der Waals surface area contributed by atoms with Crippen molar-refractivity contribution < 1.29 is 19.6 Å². The number of halogens is 1. The molecule has 7 heteroatoms. The smallest absolute Gasteiger partial charge is 0.335 e. The summed E-state index contributed by atoms with van der Waals surface area (Å²) in [5, 5.41) is 20.0. The van der Waals surface area contributed by atoms with Gasteiger partial charge in [0.2, 0.25) is 5.75 Å². The van der Waals surface area contributed by atoms with Crippen molar-refractivity contribution >= 4 is 27.6 Å². The van der Waals surface area contributed by atoms with Crippen molar-refractivity contribution in [3.8, 4) is 11.5 Å². The van der Waals surface area contributed by atoms with Crippen LogP contribution < -0.4 is 4.74 Å². The van der Waals surface area contributed by atoms with Crippen molar-refractivity contribution in [2.45, 2.75) is 6.92 Å². The molecule has 21 heavy (non-hydrogen) atoms. The second kappa shape index (κ2) is 5.92. The summed E-state index contributed by atoms with van der Waals surface area (Å²) < 4.78 is 6.07. The van der Waals surface area contributed by atoms with Crippen LogP contribution in [-0.2, 0) is 0 Å². The summed E-state index contributed by atoms with van der Waals surface area (Å²) in [6, 6.07) is 8.76. The molecule has 2 aromatic rings. The molecular weight excluding hydrogens is 342 g/mol. The van der Waals surface area contributed by atoms with E-state index in [9.17, 15) is 14.9 Å². The van der Waals surface area contributed by atoms with E-state index in [2.05, 4.69) is 15.9 Å². The van der Waals surface area contributed by atoms with Crippen molar-refractivity contribution in [1.82, 2.24) is 0 Å². The van der Waals surface area contributed by atoms with E-state index in [-0.39, 0.29) is 22.7 Å². The van der Waals surface area contributed by atoms with E-state index < -0.39 is 10.9 Å². The third-order valence-electron chi connectivity index (χ3n) is 2.77. The van der Waals surface area contributed by atoms with Crippen molar-refractivity contribution in [3.63, 3.8) is 0 Å². The molecule has 0 saturated carbocycles. The van der Waals surface area contributed by atoms with Gasteiger partial charge in [-0.15, -0.1) is 0 Å². The number of hydrogen-bond acceptors (Lipinski definition) is 4. The number of rotatable bonds is 4.